The fourth-order valence-electron chi connectivity index (χ4n) is 18.6. The van der Waals surface area contributed by atoms with Gasteiger partial charge < -0.3 is 56.8 Å². The van der Waals surface area contributed by atoms with Gasteiger partial charge in [0.25, 0.3) is 0 Å². The van der Waals surface area contributed by atoms with Crippen molar-refractivity contribution >= 4 is 35.3 Å². The van der Waals surface area contributed by atoms with E-state index >= 15 is 0 Å². The van der Waals surface area contributed by atoms with E-state index in [-0.39, 0.29) is 121 Å². The first-order chi connectivity index (χ1) is 61.1. The summed E-state index contributed by atoms with van der Waals surface area (Å²) in [7, 11) is 1.69. The predicted molar refractivity (Wildman–Crippen MR) is 507 cm³/mol. The standard InChI is InChI=1S/C29H40O5.C28H36O6.C26H36O4.C25H33N3O3/c1-7-9-28(31)32-18-23-17-29(34-27-14-22(6)26(30)15-25(23)27)16-21(5)13-24(33-29)12-20(4)11-8-10-19(2)3;1-7-31-27(30)32-17-22-16-28(34-26-13-21(6)25(29)14-24(22)26)15-20(5)12-23(33-28)11-19(4)10-8-9-18(2)3;1-17(2)8-7-9-18(3)10-22-11-19(4)14-26(29-22)15-21(16-28-6)23-13-24(27)20(5)12-25(23)30-26;1-16(2)7-6-8-17(3)9-21-10-18(4)13-25(30-21)14-20(15-27-28-26)22-12-23(29)19(5)11-24(22)31-25/h10,12,14,16-17,24-25,27H,7-9,11,13,15,18H2,1-6H3;7,9,11,13,15-16,23-24,26H,1,8,10,12,14,17H2,2-6H3;8,10,12,14-15,22-23,25H,7,9,11,13,16H2,1-6H3;7,9,11,13-14,21-22,24H,6,8,10,12,15H2,1-5H3/b20-12+;19-11+;18-10+;17-9+/t24-,25-,27-,29+;23-,24-,26-,28+;22-,23-,25-,26+;21-,22-,24-,25+/m0000/s1. The summed E-state index contributed by atoms with van der Waals surface area (Å²) in [5.74, 6) is -4.28. The van der Waals surface area contributed by atoms with Gasteiger partial charge in [-0.15, -0.1) is 0 Å². The number of ether oxygens (including phenoxy) is 12. The van der Waals surface area contributed by atoms with Crippen molar-refractivity contribution in [2.75, 3.05) is 33.5 Å². The van der Waals surface area contributed by atoms with Crippen molar-refractivity contribution in [1.82, 2.24) is 0 Å². The Kier molecular flexibility index (Phi) is 38.4. The molecular weight excluding hydrogens is 1630 g/mol. The van der Waals surface area contributed by atoms with E-state index in [0.29, 0.717) is 55.4 Å². The largest absolute Gasteiger partial charge is 0.513 e. The zero-order valence-corrected chi connectivity index (χ0v) is 81.0. The second-order valence-electron chi connectivity index (χ2n) is 38.2. The molecule has 8 heterocycles. The van der Waals surface area contributed by atoms with Crippen LogP contribution in [0.5, 0.6) is 0 Å². The highest BCUT2D eigenvalue weighted by Crippen LogP contribution is 2.49. The summed E-state index contributed by atoms with van der Waals surface area (Å²) in [5.41, 5.74) is 30.7. The summed E-state index contributed by atoms with van der Waals surface area (Å²) in [5, 5.41) is 3.77. The second-order valence-corrected chi connectivity index (χ2v) is 38.2. The molecule has 21 nitrogen and oxygen atoms in total. The van der Waals surface area contributed by atoms with E-state index < -0.39 is 29.3 Å². The molecule has 21 heteroatoms. The van der Waals surface area contributed by atoms with Gasteiger partial charge in [-0.3, -0.25) is 24.0 Å². The van der Waals surface area contributed by atoms with Crippen LogP contribution in [-0.4, -0.2) is 141 Å². The van der Waals surface area contributed by atoms with E-state index in [1.807, 2.05) is 94.5 Å². The lowest BCUT2D eigenvalue weighted by Gasteiger charge is -2.45. The topological polar surface area (TPSA) is 262 Å². The Balaban J connectivity index is 0.000000194. The van der Waals surface area contributed by atoms with Gasteiger partial charge in [-0.05, 0) is 339 Å². The van der Waals surface area contributed by atoms with Gasteiger partial charge in [0.1, 0.15) is 13.2 Å². The van der Waals surface area contributed by atoms with Gasteiger partial charge in [0.05, 0.1) is 61.7 Å². The molecular formula is C108H145N3O18. The molecule has 0 bridgehead atoms. The number of rotatable bonds is 27. The SMILES string of the molecule is C=COC(=O)OCC1=C[C@@]2(C=C(C)C[C@H](/C=C(\C)CCC=C(C)C)O2)O[C@H]2C=C(C)C(=O)C[C@@H]12.CC(C)=CCC/C(C)=C/[C@H]1CC(C)=C[C@@]2(C=C(CN=[N+]=[N-])[C@@H]3CC(=O)C(C)=C[C@@H]3O2)O1.CCCC(=O)OCC1=C[C@@]2(C=C(C)C[C@H](/C=C(\C)CCC=C(C)C)O2)O[C@H]2C=C(C)C(=O)C[C@@H]12.COCC1=C[C@@]2(C=C(C)C[C@H](/C=C(\C)CCC=C(C)C)O2)O[C@H]2C=C(C)C(=O)C[C@@H]12. The molecule has 0 aromatic heterocycles. The van der Waals surface area contributed by atoms with Crippen LogP contribution in [0.15, 0.2) is 251 Å². The normalized spacial score (nSPS) is 30.0. The number of esters is 1. The van der Waals surface area contributed by atoms with Crippen LogP contribution >= 0.6 is 0 Å². The molecule has 0 amide bonds. The first kappa shape index (κ1) is 104. The van der Waals surface area contributed by atoms with Gasteiger partial charge in [0.15, 0.2) is 23.1 Å². The number of Topliss-reactive ketones (excluding diaryl/α,β-unsaturated/α-hetero) is 4. The number of ketones is 4. The Morgan fingerprint density at radius 2 is 0.690 bits per heavy atom. The average Bonchev–Trinajstić information content (AvgIpc) is 0.769. The zero-order valence-electron chi connectivity index (χ0n) is 81.0. The lowest BCUT2D eigenvalue weighted by atomic mass is 9.78. The predicted octanol–water partition coefficient (Wildman–Crippen LogP) is 24.5. The summed E-state index contributed by atoms with van der Waals surface area (Å²) in [6.07, 6.45) is 53.9. The number of hydrogen-bond donors (Lipinski definition) is 0. The lowest BCUT2D eigenvalue weighted by Crippen LogP contribution is -2.49. The Hall–Kier alpha value is -9.09. The Morgan fingerprint density at radius 3 is 0.961 bits per heavy atom. The van der Waals surface area contributed by atoms with Crippen LogP contribution in [0, 0.1) is 23.7 Å². The number of allylic oxidation sites excluding steroid dienone is 16. The molecule has 0 aromatic rings. The van der Waals surface area contributed by atoms with Crippen molar-refractivity contribution < 1.29 is 85.6 Å². The molecule has 4 spiro atoms. The monoisotopic (exact) mass is 1770 g/mol. The van der Waals surface area contributed by atoms with Crippen molar-refractivity contribution in [2.24, 2.45) is 28.8 Å². The van der Waals surface area contributed by atoms with Crippen LogP contribution in [0.4, 0.5) is 4.79 Å². The third kappa shape index (κ3) is 30.7. The Morgan fingerprint density at radius 1 is 0.411 bits per heavy atom. The van der Waals surface area contributed by atoms with Crippen LogP contribution < -0.4 is 0 Å². The minimum atomic E-state index is -1.09. The van der Waals surface area contributed by atoms with E-state index in [9.17, 15) is 28.8 Å². The van der Waals surface area contributed by atoms with Crippen molar-refractivity contribution in [2.45, 2.75) is 333 Å². The highest BCUT2D eigenvalue weighted by Gasteiger charge is 2.51. The fourth-order valence-corrected chi connectivity index (χ4v) is 18.6. The van der Waals surface area contributed by atoms with Gasteiger partial charge in [-0.2, -0.15) is 0 Å². The molecule has 0 N–H and O–H groups in total. The summed E-state index contributed by atoms with van der Waals surface area (Å²) >= 11 is 0. The quantitative estimate of drug-likeness (QED) is 0.0185. The van der Waals surface area contributed by atoms with E-state index in [4.69, 9.17) is 57.6 Å². The summed E-state index contributed by atoms with van der Waals surface area (Å²) in [6, 6.07) is 0. The third-order valence-corrected chi connectivity index (χ3v) is 24.8. The first-order valence-corrected chi connectivity index (χ1v) is 46.3. The molecule has 0 aromatic carbocycles. The zero-order chi connectivity index (χ0) is 94.2. The highest BCUT2D eigenvalue weighted by molar-refractivity contribution is 5.98. The van der Waals surface area contributed by atoms with Gasteiger partial charge in [-0.25, -0.2) is 4.79 Å². The molecule has 12 rings (SSSR count). The average molecular weight is 1770 g/mol. The molecule has 8 aliphatic heterocycles. The second kappa shape index (κ2) is 47.8. The summed E-state index contributed by atoms with van der Waals surface area (Å²) in [6.45, 7) is 47.4. The molecule has 12 aliphatic rings. The number of methoxy groups -OCH3 is 1. The number of carbonyl (C=O) groups is 6. The number of carbonyl (C=O) groups excluding carboxylic acids is 6. The summed E-state index contributed by atoms with van der Waals surface area (Å²) in [4.78, 5) is 76.2. The fraction of sp³-hybridized carbons (Fsp3) is 0.556. The molecule has 129 heavy (non-hydrogen) atoms. The van der Waals surface area contributed by atoms with Crippen molar-refractivity contribution in [1.29, 1.82) is 0 Å². The smallest absolute Gasteiger partial charge is 0.461 e. The molecule has 0 radical (unpaired) electrons. The number of fused-ring (bicyclic) bond motifs is 4. The molecule has 0 fully saturated rings. The van der Waals surface area contributed by atoms with Crippen molar-refractivity contribution in [3.63, 3.8) is 0 Å². The maximum absolute atomic E-state index is 12.4. The first-order valence-electron chi connectivity index (χ1n) is 46.3. The van der Waals surface area contributed by atoms with Gasteiger partial charge in [0, 0.05) is 74.3 Å². The van der Waals surface area contributed by atoms with Gasteiger partial charge in [0.2, 0.25) is 23.1 Å². The summed E-state index contributed by atoms with van der Waals surface area (Å²) < 4.78 is 73.1. The lowest BCUT2D eigenvalue weighted by molar-refractivity contribution is -0.225. The highest BCUT2D eigenvalue weighted by atomic mass is 16.7. The Bertz CT molecular complexity index is 4880. The molecule has 16 atom stereocenters. The van der Waals surface area contributed by atoms with Crippen LogP contribution in [-0.2, 0) is 80.8 Å². The maximum atomic E-state index is 12.4. The number of azide groups is 1. The molecule has 700 valence electrons. The van der Waals surface area contributed by atoms with Crippen LogP contribution in [0.2, 0.25) is 0 Å². The van der Waals surface area contributed by atoms with E-state index in [1.165, 1.54) is 61.3 Å². The van der Waals surface area contributed by atoms with Crippen molar-refractivity contribution in [3.8, 4) is 0 Å². The van der Waals surface area contributed by atoms with Crippen molar-refractivity contribution in [3.05, 3.63) is 256 Å². The third-order valence-electron chi connectivity index (χ3n) is 24.8. The minimum absolute atomic E-state index is 0.0163. The van der Waals surface area contributed by atoms with Crippen LogP contribution in [0.1, 0.15) is 261 Å². The van der Waals surface area contributed by atoms with Crippen LogP contribution in [0.3, 0.4) is 0 Å². The van der Waals surface area contributed by atoms with Gasteiger partial charge in [-0.1, -0.05) is 140 Å². The number of hydrogen-bond acceptors (Lipinski definition) is 19. The maximum Gasteiger partial charge on any atom is 0.513 e. The Labute approximate surface area is 768 Å². The minimum Gasteiger partial charge on any atom is -0.461 e. The van der Waals surface area contributed by atoms with E-state index in [0.717, 1.165) is 123 Å². The molecule has 0 unspecified atom stereocenters. The molecule has 0 saturated carbocycles. The number of nitrogens with zero attached hydrogens (tertiary/aromatic N) is 3. The van der Waals surface area contributed by atoms with E-state index in [1.54, 1.807) is 14.0 Å². The van der Waals surface area contributed by atoms with Crippen LogP contribution in [0.25, 0.3) is 10.4 Å². The molecule has 4 aliphatic carbocycles. The van der Waals surface area contributed by atoms with E-state index in [2.05, 4.69) is 187 Å². The molecule has 0 saturated heterocycles. The van der Waals surface area contributed by atoms with Gasteiger partial charge >= 0.3 is 12.1 Å².